The fourth-order valence-corrected chi connectivity index (χ4v) is 1.91. The molecule has 0 aliphatic heterocycles. The molecule has 110 valence electrons. The Morgan fingerprint density at radius 3 is 2.40 bits per heavy atom. The van der Waals surface area contributed by atoms with E-state index >= 15 is 0 Å². The molecule has 0 atom stereocenters. The third kappa shape index (κ3) is 5.01. The van der Waals surface area contributed by atoms with Crippen molar-refractivity contribution in [3.05, 3.63) is 35.4 Å². The second-order valence-corrected chi connectivity index (χ2v) is 4.87. The van der Waals surface area contributed by atoms with Gasteiger partial charge in [-0.05, 0) is 24.6 Å². The summed E-state index contributed by atoms with van der Waals surface area (Å²) in [5.74, 6) is -0.988. The highest BCUT2D eigenvalue weighted by Crippen LogP contribution is 2.09. The minimum absolute atomic E-state index is 0.0728. The van der Waals surface area contributed by atoms with Crippen LogP contribution >= 0.6 is 0 Å². The number of carbonyl (C=O) groups is 2. The number of nitrogens with zero attached hydrogens (tertiary/aromatic N) is 2. The van der Waals surface area contributed by atoms with E-state index in [-0.39, 0.29) is 19.0 Å². The number of carbonyl (C=O) groups excluding carboxylic acids is 1. The van der Waals surface area contributed by atoms with Gasteiger partial charge in [0.25, 0.3) is 0 Å². The van der Waals surface area contributed by atoms with Gasteiger partial charge in [-0.2, -0.15) is 0 Å². The average molecular weight is 278 g/mol. The van der Waals surface area contributed by atoms with E-state index in [0.717, 1.165) is 11.1 Å². The maximum Gasteiger partial charge on any atom is 0.317 e. The summed E-state index contributed by atoms with van der Waals surface area (Å²) in [7, 11) is 1.74. The Morgan fingerprint density at radius 1 is 1.20 bits per heavy atom. The van der Waals surface area contributed by atoms with Crippen molar-refractivity contribution >= 4 is 11.9 Å². The second-order valence-electron chi connectivity index (χ2n) is 4.87. The Labute approximate surface area is 119 Å². The van der Waals surface area contributed by atoms with Gasteiger partial charge < -0.3 is 10.0 Å². The summed E-state index contributed by atoms with van der Waals surface area (Å²) in [5, 5.41) is 8.77. The molecule has 0 unspecified atom stereocenters. The predicted octanol–water partition coefficient (Wildman–Crippen LogP) is 1.36. The summed E-state index contributed by atoms with van der Waals surface area (Å²) < 4.78 is 0. The van der Waals surface area contributed by atoms with Gasteiger partial charge in [0.2, 0.25) is 5.91 Å². The molecule has 1 aromatic rings. The van der Waals surface area contributed by atoms with E-state index in [1.165, 1.54) is 0 Å². The molecule has 0 aliphatic rings. The Hall–Kier alpha value is -1.88. The van der Waals surface area contributed by atoms with Gasteiger partial charge in [-0.25, -0.2) is 0 Å². The predicted molar refractivity (Wildman–Crippen MR) is 77.4 cm³/mol. The number of rotatable bonds is 7. The third-order valence-electron chi connectivity index (χ3n) is 3.26. The molecule has 0 bridgehead atoms. The molecule has 0 heterocycles. The maximum atomic E-state index is 12.1. The highest BCUT2D eigenvalue weighted by Gasteiger charge is 2.16. The van der Waals surface area contributed by atoms with Crippen molar-refractivity contribution in [2.75, 3.05) is 26.7 Å². The third-order valence-corrected chi connectivity index (χ3v) is 3.26. The zero-order valence-corrected chi connectivity index (χ0v) is 12.3. The molecule has 0 saturated carbocycles. The Kier molecular flexibility index (Phi) is 6.18. The molecule has 1 aromatic carbocycles. The largest absolute Gasteiger partial charge is 0.480 e. The minimum atomic E-state index is -0.916. The van der Waals surface area contributed by atoms with Crippen LogP contribution in [0.15, 0.2) is 24.3 Å². The van der Waals surface area contributed by atoms with Gasteiger partial charge in [0.1, 0.15) is 0 Å². The first kappa shape index (κ1) is 16.2. The van der Waals surface area contributed by atoms with Gasteiger partial charge >= 0.3 is 5.97 Å². The van der Waals surface area contributed by atoms with Crippen molar-refractivity contribution in [2.45, 2.75) is 20.4 Å². The lowest BCUT2D eigenvalue weighted by Crippen LogP contribution is -2.40. The number of hydrogen-bond donors (Lipinski definition) is 1. The molecule has 0 radical (unpaired) electrons. The van der Waals surface area contributed by atoms with E-state index in [9.17, 15) is 9.59 Å². The van der Waals surface area contributed by atoms with Crippen LogP contribution in [0.4, 0.5) is 0 Å². The van der Waals surface area contributed by atoms with Crippen LogP contribution in [0.25, 0.3) is 0 Å². The van der Waals surface area contributed by atoms with Gasteiger partial charge in [0.05, 0.1) is 13.1 Å². The Morgan fingerprint density at radius 2 is 1.85 bits per heavy atom. The first-order valence-electron chi connectivity index (χ1n) is 6.66. The van der Waals surface area contributed by atoms with E-state index in [1.54, 1.807) is 16.8 Å². The topological polar surface area (TPSA) is 60.9 Å². The molecule has 5 heteroatoms. The van der Waals surface area contributed by atoms with E-state index < -0.39 is 5.97 Å². The number of carboxylic acid groups (broad SMARTS) is 1. The van der Waals surface area contributed by atoms with Crippen molar-refractivity contribution in [1.29, 1.82) is 0 Å². The highest BCUT2D eigenvalue weighted by molar-refractivity contribution is 5.79. The summed E-state index contributed by atoms with van der Waals surface area (Å²) in [6.45, 7) is 4.95. The lowest BCUT2D eigenvalue weighted by atomic mass is 10.1. The van der Waals surface area contributed by atoms with Crippen molar-refractivity contribution in [3.63, 3.8) is 0 Å². The number of hydrogen-bond acceptors (Lipinski definition) is 3. The van der Waals surface area contributed by atoms with Crippen LogP contribution in [0.3, 0.4) is 0 Å². The van der Waals surface area contributed by atoms with Crippen LogP contribution in [-0.2, 0) is 16.1 Å². The summed E-state index contributed by atoms with van der Waals surface area (Å²) in [5.41, 5.74) is 2.25. The molecule has 1 amide bonds. The summed E-state index contributed by atoms with van der Waals surface area (Å²) >= 11 is 0. The van der Waals surface area contributed by atoms with Crippen molar-refractivity contribution in [1.82, 2.24) is 9.80 Å². The van der Waals surface area contributed by atoms with Gasteiger partial charge in [-0.3, -0.25) is 14.5 Å². The molecule has 0 fully saturated rings. The fraction of sp³-hybridized carbons (Fsp3) is 0.467. The lowest BCUT2D eigenvalue weighted by molar-refractivity contribution is -0.139. The molecule has 0 saturated heterocycles. The smallest absolute Gasteiger partial charge is 0.317 e. The zero-order chi connectivity index (χ0) is 15.1. The summed E-state index contributed by atoms with van der Waals surface area (Å²) in [6, 6.07) is 7.92. The highest BCUT2D eigenvalue weighted by atomic mass is 16.4. The van der Waals surface area contributed by atoms with Gasteiger partial charge in [-0.15, -0.1) is 0 Å². The monoisotopic (exact) mass is 278 g/mol. The number of benzene rings is 1. The van der Waals surface area contributed by atoms with Crippen LogP contribution in [-0.4, -0.2) is 53.5 Å². The van der Waals surface area contributed by atoms with Crippen LogP contribution in [0.1, 0.15) is 18.1 Å². The van der Waals surface area contributed by atoms with Gasteiger partial charge in [0.15, 0.2) is 0 Å². The van der Waals surface area contributed by atoms with Gasteiger partial charge in [0, 0.05) is 13.6 Å². The molecular formula is C15H22N2O3. The molecule has 0 aliphatic carbocycles. The molecule has 0 aromatic heterocycles. The number of amides is 1. The first-order chi connectivity index (χ1) is 9.43. The van der Waals surface area contributed by atoms with E-state index in [1.807, 2.05) is 38.1 Å². The standard InChI is InChI=1S/C15H22N2O3/c1-4-17(11-15(19)20)10-14(18)16(3)9-13-8-6-5-7-12(13)2/h5-8H,4,9-11H2,1-3H3,(H,19,20). The molecule has 20 heavy (non-hydrogen) atoms. The van der Waals surface area contributed by atoms with Crippen molar-refractivity contribution in [2.24, 2.45) is 0 Å². The van der Waals surface area contributed by atoms with E-state index in [2.05, 4.69) is 0 Å². The van der Waals surface area contributed by atoms with Crippen LogP contribution in [0.5, 0.6) is 0 Å². The van der Waals surface area contributed by atoms with E-state index in [4.69, 9.17) is 5.11 Å². The maximum absolute atomic E-state index is 12.1. The average Bonchev–Trinajstić information content (AvgIpc) is 2.39. The lowest BCUT2D eigenvalue weighted by Gasteiger charge is -2.23. The molecule has 5 nitrogen and oxygen atoms in total. The normalized spacial score (nSPS) is 10.6. The van der Waals surface area contributed by atoms with Crippen molar-refractivity contribution < 1.29 is 14.7 Å². The fourth-order valence-electron chi connectivity index (χ4n) is 1.91. The SMILES string of the molecule is CCN(CC(=O)O)CC(=O)N(C)Cc1ccccc1C. The van der Waals surface area contributed by atoms with E-state index in [0.29, 0.717) is 13.1 Å². The Balaban J connectivity index is 2.58. The van der Waals surface area contributed by atoms with Gasteiger partial charge in [-0.1, -0.05) is 31.2 Å². The van der Waals surface area contributed by atoms with Crippen LogP contribution < -0.4 is 0 Å². The number of likely N-dealkylation sites (N-methyl/N-ethyl adjacent to an activating group) is 2. The molecule has 1 rings (SSSR count). The van der Waals surface area contributed by atoms with Crippen LogP contribution in [0.2, 0.25) is 0 Å². The number of aliphatic carboxylic acids is 1. The Bertz CT molecular complexity index is 474. The zero-order valence-electron chi connectivity index (χ0n) is 12.3. The number of carboxylic acids is 1. The molecular weight excluding hydrogens is 256 g/mol. The second kappa shape index (κ2) is 7.65. The van der Waals surface area contributed by atoms with Crippen molar-refractivity contribution in [3.8, 4) is 0 Å². The first-order valence-corrected chi connectivity index (χ1v) is 6.66. The minimum Gasteiger partial charge on any atom is -0.480 e. The number of aryl methyl sites for hydroxylation is 1. The molecule has 1 N–H and O–H groups in total. The summed E-state index contributed by atoms with van der Waals surface area (Å²) in [6.07, 6.45) is 0. The molecule has 0 spiro atoms. The quantitative estimate of drug-likeness (QED) is 0.818. The van der Waals surface area contributed by atoms with Crippen LogP contribution in [0, 0.1) is 6.92 Å². The summed E-state index contributed by atoms with van der Waals surface area (Å²) in [4.78, 5) is 26.0.